The normalized spacial score (nSPS) is 16.3. The fraction of sp³-hybridized carbons (Fsp3) is 0.375. The highest BCUT2D eigenvalue weighted by Gasteiger charge is 2.25. The molecule has 0 aliphatic heterocycles. The lowest BCUT2D eigenvalue weighted by molar-refractivity contribution is 0.303. The Hall–Kier alpha value is -1.34. The smallest absolute Gasteiger partial charge is 0.255 e. The van der Waals surface area contributed by atoms with Gasteiger partial charge >= 0.3 is 0 Å². The van der Waals surface area contributed by atoms with Gasteiger partial charge < -0.3 is 10.5 Å². The van der Waals surface area contributed by atoms with Crippen molar-refractivity contribution in [1.82, 2.24) is 4.98 Å². The molecule has 0 bridgehead atoms. The van der Waals surface area contributed by atoms with E-state index in [0.717, 1.165) is 12.8 Å². The SMILES string of the molecule is Nc1cc(S(N)(=O)=O)ncc1OC1CC1. The van der Waals surface area contributed by atoms with Gasteiger partial charge in [0.05, 0.1) is 18.0 Å². The summed E-state index contributed by atoms with van der Waals surface area (Å²) in [6.07, 6.45) is 3.47. The summed E-state index contributed by atoms with van der Waals surface area (Å²) in [6.45, 7) is 0. The van der Waals surface area contributed by atoms with E-state index < -0.39 is 10.0 Å². The van der Waals surface area contributed by atoms with Gasteiger partial charge in [0.15, 0.2) is 10.8 Å². The predicted molar refractivity (Wildman–Crippen MR) is 53.7 cm³/mol. The lowest BCUT2D eigenvalue weighted by Gasteiger charge is -2.07. The van der Waals surface area contributed by atoms with Crippen molar-refractivity contribution < 1.29 is 13.2 Å². The molecule has 1 aliphatic carbocycles. The van der Waals surface area contributed by atoms with Crippen LogP contribution in [0.3, 0.4) is 0 Å². The Kier molecular flexibility index (Phi) is 2.28. The fourth-order valence-corrected chi connectivity index (χ4v) is 1.55. The van der Waals surface area contributed by atoms with Gasteiger partial charge in [0.2, 0.25) is 0 Å². The Morgan fingerprint density at radius 1 is 1.47 bits per heavy atom. The van der Waals surface area contributed by atoms with E-state index in [0.29, 0.717) is 5.75 Å². The molecule has 0 atom stereocenters. The average Bonchev–Trinajstić information content (AvgIpc) is 2.90. The average molecular weight is 229 g/mol. The van der Waals surface area contributed by atoms with Gasteiger partial charge in [-0.15, -0.1) is 0 Å². The Labute approximate surface area is 87.3 Å². The lowest BCUT2D eigenvalue weighted by Crippen LogP contribution is -2.14. The fourth-order valence-electron chi connectivity index (χ4n) is 1.06. The van der Waals surface area contributed by atoms with Crippen LogP contribution in [-0.2, 0) is 10.0 Å². The van der Waals surface area contributed by atoms with E-state index in [9.17, 15) is 8.42 Å². The van der Waals surface area contributed by atoms with Crippen LogP contribution in [0.25, 0.3) is 0 Å². The van der Waals surface area contributed by atoms with Gasteiger partial charge in [0, 0.05) is 6.07 Å². The molecule has 2 rings (SSSR count). The Morgan fingerprint density at radius 2 is 2.13 bits per heavy atom. The number of ether oxygens (including phenoxy) is 1. The first-order valence-electron chi connectivity index (χ1n) is 4.42. The van der Waals surface area contributed by atoms with Crippen LogP contribution in [0.1, 0.15) is 12.8 Å². The highest BCUT2D eigenvalue weighted by molar-refractivity contribution is 7.89. The Balaban J connectivity index is 2.29. The van der Waals surface area contributed by atoms with Crippen molar-refractivity contribution in [3.05, 3.63) is 12.3 Å². The first kappa shape index (κ1) is 10.2. The number of hydrogen-bond donors (Lipinski definition) is 2. The van der Waals surface area contributed by atoms with Crippen LogP contribution in [0.4, 0.5) is 5.69 Å². The molecule has 0 radical (unpaired) electrons. The summed E-state index contributed by atoms with van der Waals surface area (Å²) in [5.74, 6) is 0.407. The van der Waals surface area contributed by atoms with Crippen molar-refractivity contribution >= 4 is 15.7 Å². The van der Waals surface area contributed by atoms with Gasteiger partial charge in [-0.2, -0.15) is 0 Å². The summed E-state index contributed by atoms with van der Waals surface area (Å²) < 4.78 is 27.3. The lowest BCUT2D eigenvalue weighted by atomic mass is 10.4. The molecule has 1 aromatic heterocycles. The van der Waals surface area contributed by atoms with E-state index in [1.54, 1.807) is 0 Å². The molecule has 1 aromatic rings. The van der Waals surface area contributed by atoms with Crippen LogP contribution < -0.4 is 15.6 Å². The summed E-state index contributed by atoms with van der Waals surface area (Å²) in [6, 6.07) is 1.20. The van der Waals surface area contributed by atoms with Gasteiger partial charge in [0.1, 0.15) is 0 Å². The topological polar surface area (TPSA) is 108 Å². The van der Waals surface area contributed by atoms with E-state index in [1.165, 1.54) is 12.3 Å². The van der Waals surface area contributed by atoms with Crippen LogP contribution in [0.15, 0.2) is 17.3 Å². The van der Waals surface area contributed by atoms with Crippen LogP contribution in [0.2, 0.25) is 0 Å². The summed E-state index contributed by atoms with van der Waals surface area (Å²) in [7, 11) is -3.80. The molecular formula is C8H11N3O3S. The quantitative estimate of drug-likeness (QED) is 0.749. The van der Waals surface area contributed by atoms with Crippen LogP contribution in [-0.4, -0.2) is 19.5 Å². The second-order valence-corrected chi connectivity index (χ2v) is 4.93. The van der Waals surface area contributed by atoms with E-state index in [4.69, 9.17) is 15.6 Å². The number of nitrogens with zero attached hydrogens (tertiary/aromatic N) is 1. The minimum Gasteiger partial charge on any atom is -0.487 e. The summed E-state index contributed by atoms with van der Waals surface area (Å²) >= 11 is 0. The molecule has 1 saturated carbocycles. The molecule has 1 aliphatic rings. The van der Waals surface area contributed by atoms with Crippen LogP contribution in [0.5, 0.6) is 5.75 Å². The molecule has 0 amide bonds. The minimum absolute atomic E-state index is 0.189. The number of anilines is 1. The number of nitrogen functional groups attached to an aromatic ring is 1. The third kappa shape index (κ3) is 2.37. The number of rotatable bonds is 3. The first-order chi connectivity index (χ1) is 6.97. The second-order valence-electron chi connectivity index (χ2n) is 3.42. The maximum absolute atomic E-state index is 10.9. The number of primary sulfonamides is 1. The molecule has 0 saturated heterocycles. The van der Waals surface area contributed by atoms with Gasteiger partial charge in [-0.25, -0.2) is 18.5 Å². The van der Waals surface area contributed by atoms with Crippen molar-refractivity contribution in [2.24, 2.45) is 5.14 Å². The third-order valence-corrected chi connectivity index (χ3v) is 2.79. The largest absolute Gasteiger partial charge is 0.487 e. The van der Waals surface area contributed by atoms with Crippen molar-refractivity contribution in [3.63, 3.8) is 0 Å². The molecule has 82 valence electrons. The number of pyridine rings is 1. The van der Waals surface area contributed by atoms with Gasteiger partial charge in [-0.1, -0.05) is 0 Å². The second kappa shape index (κ2) is 3.35. The van der Waals surface area contributed by atoms with E-state index in [-0.39, 0.29) is 16.8 Å². The number of nitrogens with two attached hydrogens (primary N) is 2. The zero-order valence-electron chi connectivity index (χ0n) is 7.88. The Morgan fingerprint density at radius 3 is 2.60 bits per heavy atom. The number of hydrogen-bond acceptors (Lipinski definition) is 5. The highest BCUT2D eigenvalue weighted by atomic mass is 32.2. The van der Waals surface area contributed by atoms with Gasteiger partial charge in [-0.3, -0.25) is 0 Å². The molecule has 6 nitrogen and oxygen atoms in total. The monoisotopic (exact) mass is 229 g/mol. The van der Waals surface area contributed by atoms with Crippen molar-refractivity contribution in [1.29, 1.82) is 0 Å². The van der Waals surface area contributed by atoms with E-state index >= 15 is 0 Å². The summed E-state index contributed by atoms with van der Waals surface area (Å²) in [5.41, 5.74) is 5.85. The molecule has 1 fully saturated rings. The Bertz CT molecular complexity index is 482. The molecule has 7 heteroatoms. The van der Waals surface area contributed by atoms with E-state index in [1.807, 2.05) is 0 Å². The van der Waals surface area contributed by atoms with Crippen molar-refractivity contribution in [2.45, 2.75) is 24.0 Å². The number of aromatic nitrogens is 1. The minimum atomic E-state index is -3.80. The summed E-state index contributed by atoms with van der Waals surface area (Å²) in [4.78, 5) is 3.67. The number of sulfonamides is 1. The maximum atomic E-state index is 10.9. The highest BCUT2D eigenvalue weighted by Crippen LogP contribution is 2.30. The van der Waals surface area contributed by atoms with Crippen molar-refractivity contribution in [3.8, 4) is 5.75 Å². The molecule has 4 N–H and O–H groups in total. The third-order valence-electron chi connectivity index (χ3n) is 1.98. The summed E-state index contributed by atoms with van der Waals surface area (Å²) in [5, 5.41) is 4.66. The van der Waals surface area contributed by atoms with Crippen LogP contribution >= 0.6 is 0 Å². The molecule has 0 aromatic carbocycles. The zero-order chi connectivity index (χ0) is 11.1. The van der Waals surface area contributed by atoms with Gasteiger partial charge in [0.25, 0.3) is 10.0 Å². The zero-order valence-corrected chi connectivity index (χ0v) is 8.70. The van der Waals surface area contributed by atoms with Gasteiger partial charge in [-0.05, 0) is 12.8 Å². The molecular weight excluding hydrogens is 218 g/mol. The standard InChI is InChI=1S/C8H11N3O3S/c9-6-3-8(15(10,12)13)11-4-7(6)14-5-1-2-5/h3-5H,1-2H2,(H2,9,11)(H2,10,12,13). The maximum Gasteiger partial charge on any atom is 0.255 e. The predicted octanol–water partition coefficient (Wildman–Crippen LogP) is -0.148. The first-order valence-corrected chi connectivity index (χ1v) is 5.96. The molecule has 0 unspecified atom stereocenters. The van der Waals surface area contributed by atoms with Crippen molar-refractivity contribution in [2.75, 3.05) is 5.73 Å². The molecule has 15 heavy (non-hydrogen) atoms. The molecule has 1 heterocycles. The molecule has 0 spiro atoms. The van der Waals surface area contributed by atoms with E-state index in [2.05, 4.69) is 4.98 Å². The van der Waals surface area contributed by atoms with Crippen LogP contribution in [0, 0.1) is 0 Å².